The molecule has 5 rings (SSSR count). The third-order valence-electron chi connectivity index (χ3n) is 9.46. The van der Waals surface area contributed by atoms with Crippen molar-refractivity contribution >= 4 is 29.1 Å². The monoisotopic (exact) mass is 562 g/mol. The lowest BCUT2D eigenvalue weighted by Crippen LogP contribution is -2.55. The van der Waals surface area contributed by atoms with E-state index in [2.05, 4.69) is 29.4 Å². The highest BCUT2D eigenvalue weighted by Gasteiger charge is 2.78. The van der Waals surface area contributed by atoms with Gasteiger partial charge >= 0.3 is 0 Å². The number of anilines is 2. The number of carbonyl (C=O) groups is 3. The second-order valence-electron chi connectivity index (χ2n) is 11.5. The van der Waals surface area contributed by atoms with Crippen molar-refractivity contribution in [2.75, 3.05) is 29.9 Å². The Labute approximate surface area is 242 Å². The molecule has 3 N–H and O–H groups in total. The number of aliphatic hydroxyl groups excluding tert-OH is 1. The van der Waals surface area contributed by atoms with Gasteiger partial charge in [0.2, 0.25) is 17.7 Å². The van der Waals surface area contributed by atoms with Gasteiger partial charge in [-0.05, 0) is 69.9 Å². The average Bonchev–Trinajstić information content (AvgIpc) is 3.61. The summed E-state index contributed by atoms with van der Waals surface area (Å²) in [6.45, 7) is 9.68. The molecule has 2 bridgehead atoms. The van der Waals surface area contributed by atoms with E-state index in [0.717, 1.165) is 24.3 Å². The van der Waals surface area contributed by atoms with Gasteiger partial charge in [0, 0.05) is 31.0 Å². The predicted molar refractivity (Wildman–Crippen MR) is 157 cm³/mol. The summed E-state index contributed by atoms with van der Waals surface area (Å²) in [4.78, 5) is 45.7. The highest BCUT2D eigenvalue weighted by Crippen LogP contribution is 2.64. The number of benzene rings is 2. The number of nitrogens with zero attached hydrogens (tertiary/aromatic N) is 2. The Bertz CT molecular complexity index is 1270. The van der Waals surface area contributed by atoms with Gasteiger partial charge in [-0.15, -0.1) is 0 Å². The maximum absolute atomic E-state index is 14.1. The summed E-state index contributed by atoms with van der Waals surface area (Å²) in [5.41, 5.74) is 0.675. The fourth-order valence-corrected chi connectivity index (χ4v) is 7.37. The van der Waals surface area contributed by atoms with Crippen molar-refractivity contribution in [3.8, 4) is 0 Å². The van der Waals surface area contributed by atoms with E-state index in [1.54, 1.807) is 6.92 Å². The molecule has 9 nitrogen and oxygen atoms in total. The van der Waals surface area contributed by atoms with E-state index < -0.39 is 35.1 Å². The highest BCUT2D eigenvalue weighted by molar-refractivity contribution is 6.04. The number of hydrogen-bond donors (Lipinski definition) is 3. The second kappa shape index (κ2) is 11.4. The maximum atomic E-state index is 14.1. The summed E-state index contributed by atoms with van der Waals surface area (Å²) in [7, 11) is 0. The Hall–Kier alpha value is -3.43. The van der Waals surface area contributed by atoms with Crippen LogP contribution >= 0.6 is 0 Å². The van der Waals surface area contributed by atoms with E-state index in [4.69, 9.17) is 4.74 Å². The third-order valence-corrected chi connectivity index (χ3v) is 9.46. The van der Waals surface area contributed by atoms with Gasteiger partial charge < -0.3 is 30.3 Å². The van der Waals surface area contributed by atoms with E-state index >= 15 is 0 Å². The number of likely N-dealkylation sites (tertiary alicyclic amines) is 1. The third kappa shape index (κ3) is 4.78. The molecule has 3 aliphatic rings. The van der Waals surface area contributed by atoms with Crippen LogP contribution in [0.4, 0.5) is 11.4 Å². The van der Waals surface area contributed by atoms with E-state index in [0.29, 0.717) is 31.5 Å². The van der Waals surface area contributed by atoms with Crippen LogP contribution in [0.5, 0.6) is 0 Å². The number of nitrogens with one attached hydrogen (secondary N) is 2. The first-order valence-electron chi connectivity index (χ1n) is 14.9. The molecule has 2 aromatic carbocycles. The van der Waals surface area contributed by atoms with Crippen LogP contribution in [0.15, 0.2) is 54.6 Å². The van der Waals surface area contributed by atoms with Gasteiger partial charge in [-0.3, -0.25) is 14.4 Å². The molecule has 0 aromatic heterocycles. The molecule has 9 heteroatoms. The number of fused-ring (bicyclic) bond motifs is 1. The number of rotatable bonds is 11. The van der Waals surface area contributed by atoms with E-state index in [9.17, 15) is 19.5 Å². The van der Waals surface area contributed by atoms with E-state index in [1.807, 2.05) is 61.5 Å². The molecule has 2 aromatic rings. The Balaban J connectivity index is 1.45. The first-order chi connectivity index (χ1) is 19.7. The van der Waals surface area contributed by atoms with Crippen molar-refractivity contribution in [2.45, 2.75) is 76.8 Å². The fraction of sp³-hybridized carbons (Fsp3) is 0.531. The van der Waals surface area contributed by atoms with Crippen molar-refractivity contribution < 1.29 is 24.2 Å². The summed E-state index contributed by atoms with van der Waals surface area (Å²) in [6, 6.07) is 15.7. The molecule has 41 heavy (non-hydrogen) atoms. The van der Waals surface area contributed by atoms with Crippen molar-refractivity contribution in [3.63, 3.8) is 0 Å². The van der Waals surface area contributed by atoms with Crippen LogP contribution in [0.1, 0.15) is 52.5 Å². The molecule has 3 aliphatic heterocycles. The largest absolute Gasteiger partial charge is 0.394 e. The van der Waals surface area contributed by atoms with Crippen LogP contribution in [0.25, 0.3) is 0 Å². The van der Waals surface area contributed by atoms with Crippen LogP contribution in [0, 0.1) is 11.8 Å². The average molecular weight is 563 g/mol. The topological polar surface area (TPSA) is 111 Å². The number of aliphatic hydroxyl groups is 1. The second-order valence-corrected chi connectivity index (χ2v) is 11.5. The molecule has 0 aliphatic carbocycles. The minimum absolute atomic E-state index is 0.236. The van der Waals surface area contributed by atoms with Gasteiger partial charge in [0.1, 0.15) is 11.6 Å². The maximum Gasteiger partial charge on any atom is 0.250 e. The summed E-state index contributed by atoms with van der Waals surface area (Å²) in [5.74, 6) is -2.44. The molecular weight excluding hydrogens is 520 g/mol. The Kier molecular flexibility index (Phi) is 8.12. The minimum Gasteiger partial charge on any atom is -0.394 e. The predicted octanol–water partition coefficient (Wildman–Crippen LogP) is 3.32. The zero-order valence-electron chi connectivity index (χ0n) is 24.4. The number of ether oxygens (including phenoxy) is 1. The molecule has 1 spiro atoms. The lowest BCUT2D eigenvalue weighted by molar-refractivity contribution is -0.148. The van der Waals surface area contributed by atoms with Gasteiger partial charge in [-0.1, -0.05) is 37.3 Å². The van der Waals surface area contributed by atoms with Crippen LogP contribution < -0.4 is 15.5 Å². The minimum atomic E-state index is -1.14. The summed E-state index contributed by atoms with van der Waals surface area (Å²) < 4.78 is 6.78. The SMILES string of the molecule is CCN(CC)c1ccc(NC(=O)C2N([C@H](C)CO)C(=O)[C@@H]3[C@@H](C(=O)NCc4ccccc4)[C@@]4(CC)CCC23O4)cc1. The van der Waals surface area contributed by atoms with Gasteiger partial charge in [0.15, 0.2) is 0 Å². The molecule has 3 fully saturated rings. The molecule has 0 radical (unpaired) electrons. The van der Waals surface area contributed by atoms with Crippen molar-refractivity contribution in [2.24, 2.45) is 11.8 Å². The molecule has 3 heterocycles. The van der Waals surface area contributed by atoms with Gasteiger partial charge in [0.25, 0.3) is 0 Å². The first kappa shape index (κ1) is 29.1. The van der Waals surface area contributed by atoms with Crippen molar-refractivity contribution in [1.29, 1.82) is 0 Å². The van der Waals surface area contributed by atoms with Gasteiger partial charge in [-0.25, -0.2) is 0 Å². The molecule has 3 amide bonds. The van der Waals surface area contributed by atoms with Crippen LogP contribution in [0.3, 0.4) is 0 Å². The quantitative estimate of drug-likeness (QED) is 0.388. The molecule has 220 valence electrons. The number of hydrogen-bond acceptors (Lipinski definition) is 6. The zero-order chi connectivity index (χ0) is 29.4. The van der Waals surface area contributed by atoms with Gasteiger partial charge in [-0.2, -0.15) is 0 Å². The lowest BCUT2D eigenvalue weighted by atomic mass is 9.65. The van der Waals surface area contributed by atoms with Crippen molar-refractivity contribution in [1.82, 2.24) is 10.2 Å². The van der Waals surface area contributed by atoms with Crippen LogP contribution in [0.2, 0.25) is 0 Å². The van der Waals surface area contributed by atoms with Gasteiger partial charge in [0.05, 0.1) is 30.1 Å². The highest BCUT2D eigenvalue weighted by atomic mass is 16.5. The molecule has 0 saturated carbocycles. The zero-order valence-corrected chi connectivity index (χ0v) is 24.4. The van der Waals surface area contributed by atoms with Crippen LogP contribution in [-0.2, 0) is 25.7 Å². The van der Waals surface area contributed by atoms with Crippen molar-refractivity contribution in [3.05, 3.63) is 60.2 Å². The van der Waals surface area contributed by atoms with Crippen LogP contribution in [-0.4, -0.2) is 70.7 Å². The summed E-state index contributed by atoms with van der Waals surface area (Å²) in [6.07, 6.45) is 1.63. The molecular formula is C32H42N4O5. The standard InChI is InChI=1S/C32H42N4O5/c1-5-31-17-18-32(41-31)26(25(31)28(38)33-19-22-11-9-8-10-12-22)30(40)36(21(4)20-37)27(32)29(39)34-23-13-15-24(16-14-23)35(6-2)7-3/h8-16,21,25-27,37H,5-7,17-20H2,1-4H3,(H,33,38)(H,34,39)/t21-,25+,26+,27?,31-,32?/m1/s1. The fourth-order valence-electron chi connectivity index (χ4n) is 7.37. The van der Waals surface area contributed by atoms with E-state index in [1.165, 1.54) is 4.90 Å². The Morgan fingerprint density at radius 2 is 1.73 bits per heavy atom. The molecule has 3 saturated heterocycles. The smallest absolute Gasteiger partial charge is 0.250 e. The normalized spacial score (nSPS) is 28.9. The Morgan fingerprint density at radius 3 is 2.34 bits per heavy atom. The summed E-state index contributed by atoms with van der Waals surface area (Å²) in [5, 5.41) is 16.1. The summed E-state index contributed by atoms with van der Waals surface area (Å²) >= 11 is 0. The molecule has 6 atom stereocenters. The van der Waals surface area contributed by atoms with E-state index in [-0.39, 0.29) is 24.3 Å². The molecule has 2 unspecified atom stereocenters. The lowest BCUT2D eigenvalue weighted by Gasteiger charge is -2.36. The number of amides is 3. The first-order valence-corrected chi connectivity index (χ1v) is 14.9. The Morgan fingerprint density at radius 1 is 1.05 bits per heavy atom. The number of carbonyl (C=O) groups excluding carboxylic acids is 3.